The fourth-order valence-electron chi connectivity index (χ4n) is 1.47. The number of nitrogens with zero attached hydrogens (tertiary/aromatic N) is 2. The lowest BCUT2D eigenvalue weighted by molar-refractivity contribution is 0.441. The van der Waals surface area contributed by atoms with Gasteiger partial charge in [0, 0.05) is 19.0 Å². The number of hydrogen-bond donors (Lipinski definition) is 0. The van der Waals surface area contributed by atoms with E-state index < -0.39 is 0 Å². The van der Waals surface area contributed by atoms with Gasteiger partial charge < -0.3 is 4.90 Å². The molecule has 11 heavy (non-hydrogen) atoms. The van der Waals surface area contributed by atoms with Gasteiger partial charge in [-0.25, -0.2) is 4.99 Å². The third-order valence-corrected chi connectivity index (χ3v) is 2.19. The molecule has 0 aliphatic carbocycles. The molecule has 2 heterocycles. The van der Waals surface area contributed by atoms with E-state index in [1.165, 1.54) is 6.42 Å². The molecule has 0 aromatic carbocycles. The molecule has 0 saturated heterocycles. The van der Waals surface area contributed by atoms with Crippen LogP contribution in [-0.4, -0.2) is 17.7 Å². The minimum atomic E-state index is 0.699. The summed E-state index contributed by atoms with van der Waals surface area (Å²) in [4.78, 5) is 6.47. The summed E-state index contributed by atoms with van der Waals surface area (Å²) in [5.74, 6) is 1.82. The van der Waals surface area contributed by atoms with Crippen molar-refractivity contribution in [2.75, 3.05) is 6.54 Å². The Labute approximate surface area is 66.9 Å². The Morgan fingerprint density at radius 2 is 2.64 bits per heavy atom. The van der Waals surface area contributed by atoms with E-state index >= 15 is 0 Å². The van der Waals surface area contributed by atoms with Crippen molar-refractivity contribution in [1.29, 1.82) is 0 Å². The average molecular weight is 148 g/mol. The summed E-state index contributed by atoms with van der Waals surface area (Å²) in [5.41, 5.74) is 0. The minimum absolute atomic E-state index is 0.699. The third-order valence-electron chi connectivity index (χ3n) is 2.19. The van der Waals surface area contributed by atoms with Crippen LogP contribution in [0.5, 0.6) is 0 Å². The molecule has 0 bridgehead atoms. The number of fused-ring (bicyclic) bond motifs is 1. The molecule has 1 atom stereocenters. The Kier molecular flexibility index (Phi) is 1.53. The molecule has 0 spiro atoms. The van der Waals surface area contributed by atoms with Crippen LogP contribution in [0.4, 0.5) is 0 Å². The van der Waals surface area contributed by atoms with Gasteiger partial charge >= 0.3 is 0 Å². The van der Waals surface area contributed by atoms with Crippen LogP contribution in [0.2, 0.25) is 0 Å². The second-order valence-corrected chi connectivity index (χ2v) is 2.97. The van der Waals surface area contributed by atoms with Crippen molar-refractivity contribution < 1.29 is 0 Å². The summed E-state index contributed by atoms with van der Waals surface area (Å²) in [5, 5.41) is 0. The molecule has 0 fully saturated rings. The Hall–Kier alpha value is -1.05. The number of rotatable bonds is 1. The fraction of sp³-hybridized carbons (Fsp3) is 0.444. The summed E-state index contributed by atoms with van der Waals surface area (Å²) in [7, 11) is 0. The van der Waals surface area contributed by atoms with Gasteiger partial charge in [0.15, 0.2) is 0 Å². The zero-order chi connectivity index (χ0) is 7.68. The van der Waals surface area contributed by atoms with Crippen molar-refractivity contribution in [3.8, 4) is 0 Å². The highest BCUT2D eigenvalue weighted by atomic mass is 15.2. The van der Waals surface area contributed by atoms with Crippen molar-refractivity contribution in [3.05, 3.63) is 24.2 Å². The summed E-state index contributed by atoms with van der Waals surface area (Å²) in [6.45, 7) is 3.33. The van der Waals surface area contributed by atoms with E-state index in [2.05, 4.69) is 29.1 Å². The highest BCUT2D eigenvalue weighted by Crippen LogP contribution is 2.24. The smallest absolute Gasteiger partial charge is 0.128 e. The minimum Gasteiger partial charge on any atom is -0.333 e. The first-order valence-electron chi connectivity index (χ1n) is 4.09. The Morgan fingerprint density at radius 1 is 1.73 bits per heavy atom. The number of aliphatic imine (C=N–C) groups is 1. The second kappa shape index (κ2) is 2.53. The quantitative estimate of drug-likeness (QED) is 0.553. The molecule has 0 saturated carbocycles. The third kappa shape index (κ3) is 1.09. The Balaban J connectivity index is 2.19. The maximum absolute atomic E-state index is 4.26. The Morgan fingerprint density at radius 3 is 3.36 bits per heavy atom. The van der Waals surface area contributed by atoms with Crippen LogP contribution in [-0.2, 0) is 0 Å². The molecule has 2 heteroatoms. The first-order valence-corrected chi connectivity index (χ1v) is 4.09. The van der Waals surface area contributed by atoms with Crippen molar-refractivity contribution in [2.45, 2.75) is 13.3 Å². The van der Waals surface area contributed by atoms with Gasteiger partial charge in [-0.15, -0.1) is 0 Å². The largest absolute Gasteiger partial charge is 0.333 e. The maximum atomic E-state index is 4.26. The summed E-state index contributed by atoms with van der Waals surface area (Å²) >= 11 is 0. The van der Waals surface area contributed by atoms with Crippen LogP contribution in [0.25, 0.3) is 0 Å². The van der Waals surface area contributed by atoms with Crippen LogP contribution < -0.4 is 0 Å². The zero-order valence-electron chi connectivity index (χ0n) is 6.70. The fourth-order valence-corrected chi connectivity index (χ4v) is 1.47. The predicted octanol–water partition coefficient (Wildman–Crippen LogP) is 1.77. The molecule has 2 aliphatic heterocycles. The molecule has 58 valence electrons. The van der Waals surface area contributed by atoms with Gasteiger partial charge in [-0.1, -0.05) is 6.92 Å². The lowest BCUT2D eigenvalue weighted by Crippen LogP contribution is -2.16. The number of hydrogen-bond acceptors (Lipinski definition) is 2. The van der Waals surface area contributed by atoms with Gasteiger partial charge in [0.2, 0.25) is 0 Å². The first kappa shape index (κ1) is 6.65. The van der Waals surface area contributed by atoms with E-state index in [1.54, 1.807) is 0 Å². The summed E-state index contributed by atoms with van der Waals surface area (Å²) in [6, 6.07) is 0. The maximum Gasteiger partial charge on any atom is 0.128 e. The molecule has 1 unspecified atom stereocenters. The van der Waals surface area contributed by atoms with Crippen LogP contribution in [0.1, 0.15) is 13.3 Å². The lowest BCUT2D eigenvalue weighted by Gasteiger charge is -2.16. The molecule has 2 nitrogen and oxygen atoms in total. The highest BCUT2D eigenvalue weighted by Gasteiger charge is 2.20. The molecular weight excluding hydrogens is 136 g/mol. The van der Waals surface area contributed by atoms with Crippen molar-refractivity contribution in [1.82, 2.24) is 4.90 Å². The van der Waals surface area contributed by atoms with Crippen molar-refractivity contribution in [2.24, 2.45) is 10.9 Å². The van der Waals surface area contributed by atoms with Gasteiger partial charge in [0.1, 0.15) is 5.82 Å². The summed E-state index contributed by atoms with van der Waals surface area (Å²) in [6.07, 6.45) is 9.38. The topological polar surface area (TPSA) is 15.6 Å². The van der Waals surface area contributed by atoms with E-state index in [-0.39, 0.29) is 0 Å². The van der Waals surface area contributed by atoms with Crippen molar-refractivity contribution >= 4 is 6.21 Å². The van der Waals surface area contributed by atoms with Gasteiger partial charge in [-0.3, -0.25) is 0 Å². The normalized spacial score (nSPS) is 27.2. The van der Waals surface area contributed by atoms with Crippen LogP contribution >= 0.6 is 0 Å². The predicted molar refractivity (Wildman–Crippen MR) is 46.2 cm³/mol. The molecule has 0 amide bonds. The molecule has 0 aromatic heterocycles. The van der Waals surface area contributed by atoms with Crippen LogP contribution in [0.3, 0.4) is 0 Å². The van der Waals surface area contributed by atoms with Gasteiger partial charge in [-0.2, -0.15) is 0 Å². The monoisotopic (exact) mass is 148 g/mol. The second-order valence-electron chi connectivity index (χ2n) is 2.97. The number of allylic oxidation sites excluding steroid dienone is 1. The molecule has 0 N–H and O–H groups in total. The van der Waals surface area contributed by atoms with Gasteiger partial charge in [0.25, 0.3) is 0 Å². The van der Waals surface area contributed by atoms with E-state index in [4.69, 9.17) is 0 Å². The van der Waals surface area contributed by atoms with Gasteiger partial charge in [-0.05, 0) is 24.5 Å². The van der Waals surface area contributed by atoms with E-state index in [0.717, 1.165) is 12.4 Å². The average Bonchev–Trinajstić information content (AvgIpc) is 2.46. The summed E-state index contributed by atoms with van der Waals surface area (Å²) < 4.78 is 0. The van der Waals surface area contributed by atoms with Gasteiger partial charge in [0.05, 0.1) is 0 Å². The van der Waals surface area contributed by atoms with Crippen LogP contribution in [0.15, 0.2) is 29.2 Å². The molecular formula is C9H12N2. The molecule has 0 aromatic rings. The molecule has 0 radical (unpaired) electrons. The first-order chi connectivity index (χ1) is 5.40. The van der Waals surface area contributed by atoms with Crippen molar-refractivity contribution in [3.63, 3.8) is 0 Å². The SMILES string of the molecule is CCC1C=C2N=CC=CN2C1. The molecule has 2 aliphatic rings. The Bertz CT molecular complexity index is 238. The standard InChI is InChI=1S/C9H12N2/c1-2-8-6-9-10-4-3-5-11(9)7-8/h3-6,8H,2,7H2,1H3. The highest BCUT2D eigenvalue weighted by molar-refractivity contribution is 5.73. The molecule has 2 rings (SSSR count). The van der Waals surface area contributed by atoms with Crippen LogP contribution in [0, 0.1) is 5.92 Å². The van der Waals surface area contributed by atoms with E-state index in [0.29, 0.717) is 5.92 Å². The van der Waals surface area contributed by atoms with E-state index in [9.17, 15) is 0 Å². The lowest BCUT2D eigenvalue weighted by atomic mass is 10.1. The van der Waals surface area contributed by atoms with E-state index in [1.807, 2.05) is 12.3 Å². The zero-order valence-corrected chi connectivity index (χ0v) is 6.70.